The molecule has 1 aliphatic carbocycles. The topological polar surface area (TPSA) is 37.3 Å². The number of benzene rings is 1. The largest absolute Gasteiger partial charge is 0.385 e. The monoisotopic (exact) mass is 322 g/mol. The highest BCUT2D eigenvalue weighted by Crippen LogP contribution is 2.35. The standard InChI is InChI=1S/C17H26O2SSi/c1-14-7-9-15(10-8-14)20(19)16(13-21(2,3)4)17(18)11-5-6-12-17/h5,7-11,16,18H,6,12-13H2,1-4H3/t16-,17?,20?/m0/s1. The highest BCUT2D eigenvalue weighted by Gasteiger charge is 2.42. The van der Waals surface area contributed by atoms with E-state index in [0.29, 0.717) is 6.42 Å². The molecule has 3 atom stereocenters. The minimum atomic E-state index is -1.43. The van der Waals surface area contributed by atoms with E-state index < -0.39 is 24.5 Å². The number of allylic oxidation sites excluding steroid dienone is 1. The Kier molecular flexibility index (Phi) is 4.91. The number of aryl methyl sites for hydroxylation is 1. The lowest BCUT2D eigenvalue weighted by atomic mass is 10.00. The molecule has 2 nitrogen and oxygen atoms in total. The molecule has 1 aromatic carbocycles. The Bertz CT molecular complexity index is 545. The molecule has 116 valence electrons. The SMILES string of the molecule is Cc1ccc(S(=O)[C@@H](C[Si](C)(C)C)C2(O)C=CCC2)cc1. The lowest BCUT2D eigenvalue weighted by Gasteiger charge is -2.34. The lowest BCUT2D eigenvalue weighted by Crippen LogP contribution is -2.45. The normalized spacial score (nSPS) is 25.0. The molecule has 0 spiro atoms. The van der Waals surface area contributed by atoms with E-state index in [-0.39, 0.29) is 5.25 Å². The summed E-state index contributed by atoms with van der Waals surface area (Å²) in [5.41, 5.74) is 0.257. The van der Waals surface area contributed by atoms with Gasteiger partial charge in [0.05, 0.1) is 21.7 Å². The molecule has 0 amide bonds. The summed E-state index contributed by atoms with van der Waals surface area (Å²) in [7, 11) is -2.60. The molecule has 0 saturated heterocycles. The Hall–Kier alpha value is -0.713. The van der Waals surface area contributed by atoms with Gasteiger partial charge in [-0.1, -0.05) is 49.5 Å². The van der Waals surface area contributed by atoms with Crippen LogP contribution in [0.15, 0.2) is 41.3 Å². The summed E-state index contributed by atoms with van der Waals surface area (Å²) in [5.74, 6) is 0. The zero-order valence-electron chi connectivity index (χ0n) is 13.4. The van der Waals surface area contributed by atoms with Crippen LogP contribution in [0, 0.1) is 6.92 Å². The second-order valence-electron chi connectivity index (χ2n) is 7.30. The van der Waals surface area contributed by atoms with E-state index in [1.807, 2.05) is 43.3 Å². The van der Waals surface area contributed by atoms with Gasteiger partial charge in [0.15, 0.2) is 0 Å². The number of rotatable bonds is 5. The summed E-state index contributed by atoms with van der Waals surface area (Å²) in [6, 6.07) is 8.73. The first-order chi connectivity index (χ1) is 9.71. The van der Waals surface area contributed by atoms with Crippen LogP contribution in [0.4, 0.5) is 0 Å². The minimum Gasteiger partial charge on any atom is -0.385 e. The fourth-order valence-corrected chi connectivity index (χ4v) is 7.66. The maximum atomic E-state index is 13.1. The van der Waals surface area contributed by atoms with E-state index in [4.69, 9.17) is 0 Å². The Morgan fingerprint density at radius 2 is 1.90 bits per heavy atom. The van der Waals surface area contributed by atoms with Crippen molar-refractivity contribution in [1.82, 2.24) is 0 Å². The van der Waals surface area contributed by atoms with Crippen molar-refractivity contribution in [3.05, 3.63) is 42.0 Å². The minimum absolute atomic E-state index is 0.203. The van der Waals surface area contributed by atoms with Gasteiger partial charge in [0, 0.05) is 13.0 Å². The molecule has 1 aromatic rings. The van der Waals surface area contributed by atoms with Gasteiger partial charge in [-0.3, -0.25) is 4.21 Å². The molecule has 0 saturated carbocycles. The number of hydrogen-bond acceptors (Lipinski definition) is 2. The summed E-state index contributed by atoms with van der Waals surface area (Å²) < 4.78 is 13.1. The van der Waals surface area contributed by atoms with Crippen LogP contribution in [-0.4, -0.2) is 28.2 Å². The molecule has 2 rings (SSSR count). The third-order valence-corrected chi connectivity index (χ3v) is 7.74. The summed E-state index contributed by atoms with van der Waals surface area (Å²) in [6.45, 7) is 8.84. The highest BCUT2D eigenvalue weighted by atomic mass is 32.2. The number of hydrogen-bond donors (Lipinski definition) is 1. The van der Waals surface area contributed by atoms with Crippen molar-refractivity contribution in [3.8, 4) is 0 Å². The summed E-state index contributed by atoms with van der Waals surface area (Å²) in [4.78, 5) is 0.831. The molecule has 1 aliphatic rings. The average Bonchev–Trinajstić information content (AvgIpc) is 2.83. The zero-order chi connectivity index (χ0) is 15.7. The molecule has 0 fully saturated rings. The van der Waals surface area contributed by atoms with Crippen LogP contribution >= 0.6 is 0 Å². The van der Waals surface area contributed by atoms with Crippen molar-refractivity contribution in [3.63, 3.8) is 0 Å². The Morgan fingerprint density at radius 3 is 2.38 bits per heavy atom. The molecule has 0 heterocycles. The predicted octanol–water partition coefficient (Wildman–Crippen LogP) is 3.89. The van der Waals surface area contributed by atoms with E-state index in [9.17, 15) is 9.32 Å². The van der Waals surface area contributed by atoms with Gasteiger partial charge in [-0.2, -0.15) is 0 Å². The summed E-state index contributed by atoms with van der Waals surface area (Å²) in [5, 5.41) is 10.7. The van der Waals surface area contributed by atoms with E-state index in [2.05, 4.69) is 19.6 Å². The van der Waals surface area contributed by atoms with Gasteiger partial charge in [-0.05, 0) is 37.9 Å². The van der Waals surface area contributed by atoms with Crippen LogP contribution < -0.4 is 0 Å². The van der Waals surface area contributed by atoms with Crippen LogP contribution in [0.2, 0.25) is 25.7 Å². The quantitative estimate of drug-likeness (QED) is 0.659. The Morgan fingerprint density at radius 1 is 1.29 bits per heavy atom. The van der Waals surface area contributed by atoms with Gasteiger partial charge >= 0.3 is 0 Å². The first-order valence-electron chi connectivity index (χ1n) is 7.59. The van der Waals surface area contributed by atoms with Crippen LogP contribution in [-0.2, 0) is 10.8 Å². The van der Waals surface area contributed by atoms with Crippen LogP contribution in [0.25, 0.3) is 0 Å². The van der Waals surface area contributed by atoms with Crippen LogP contribution in [0.3, 0.4) is 0 Å². The molecule has 2 unspecified atom stereocenters. The van der Waals surface area contributed by atoms with Crippen molar-refractivity contribution in [2.45, 2.75) is 61.2 Å². The first kappa shape index (κ1) is 16.7. The van der Waals surface area contributed by atoms with Crippen LogP contribution in [0.5, 0.6) is 0 Å². The van der Waals surface area contributed by atoms with E-state index in [1.165, 1.54) is 0 Å². The van der Waals surface area contributed by atoms with E-state index >= 15 is 0 Å². The number of aliphatic hydroxyl groups is 1. The van der Waals surface area contributed by atoms with Gasteiger partial charge in [0.2, 0.25) is 0 Å². The molecule has 4 heteroatoms. The Balaban J connectivity index is 2.32. The second-order valence-corrected chi connectivity index (χ2v) is 14.5. The highest BCUT2D eigenvalue weighted by molar-refractivity contribution is 7.86. The molecule has 21 heavy (non-hydrogen) atoms. The molecule has 0 bridgehead atoms. The molecule has 1 N–H and O–H groups in total. The van der Waals surface area contributed by atoms with Gasteiger partial charge in [-0.15, -0.1) is 0 Å². The fourth-order valence-electron chi connectivity index (χ4n) is 2.78. The maximum absolute atomic E-state index is 13.1. The van der Waals surface area contributed by atoms with E-state index in [1.54, 1.807) is 0 Å². The fraction of sp³-hybridized carbons (Fsp3) is 0.529. The molecular formula is C17H26O2SSi. The average molecular weight is 323 g/mol. The first-order valence-corrected chi connectivity index (χ1v) is 12.5. The Labute approximate surface area is 131 Å². The molecular weight excluding hydrogens is 296 g/mol. The van der Waals surface area contributed by atoms with Crippen LogP contribution in [0.1, 0.15) is 18.4 Å². The second kappa shape index (κ2) is 6.19. The van der Waals surface area contributed by atoms with Crippen molar-refractivity contribution < 1.29 is 9.32 Å². The van der Waals surface area contributed by atoms with Crippen molar-refractivity contribution in [2.24, 2.45) is 0 Å². The summed E-state index contributed by atoms with van der Waals surface area (Å²) >= 11 is 0. The summed E-state index contributed by atoms with van der Waals surface area (Å²) in [6.07, 6.45) is 5.47. The third-order valence-electron chi connectivity index (χ3n) is 3.98. The van der Waals surface area contributed by atoms with Crippen molar-refractivity contribution in [2.75, 3.05) is 0 Å². The smallest absolute Gasteiger partial charge is 0.0974 e. The van der Waals surface area contributed by atoms with Gasteiger partial charge in [0.1, 0.15) is 0 Å². The van der Waals surface area contributed by atoms with Crippen molar-refractivity contribution >= 4 is 18.9 Å². The van der Waals surface area contributed by atoms with E-state index in [0.717, 1.165) is 22.9 Å². The molecule has 0 aromatic heterocycles. The maximum Gasteiger partial charge on any atom is 0.0974 e. The van der Waals surface area contributed by atoms with Gasteiger partial charge in [-0.25, -0.2) is 0 Å². The van der Waals surface area contributed by atoms with Gasteiger partial charge < -0.3 is 5.11 Å². The predicted molar refractivity (Wildman–Crippen MR) is 92.9 cm³/mol. The lowest BCUT2D eigenvalue weighted by molar-refractivity contribution is 0.0909. The van der Waals surface area contributed by atoms with Gasteiger partial charge in [0.25, 0.3) is 0 Å². The molecule has 0 aliphatic heterocycles. The third kappa shape index (κ3) is 4.15. The zero-order valence-corrected chi connectivity index (χ0v) is 15.2. The van der Waals surface area contributed by atoms with Crippen molar-refractivity contribution in [1.29, 1.82) is 0 Å². The molecule has 0 radical (unpaired) electrons.